The van der Waals surface area contributed by atoms with Crippen LogP contribution in [0.1, 0.15) is 0 Å². The molecule has 0 spiro atoms. The number of hydrogen-bond donors (Lipinski definition) is 0. The third kappa shape index (κ3) is 4.34. The zero-order chi connectivity index (χ0) is 32.5. The SMILES string of the molecule is Fc1ccnc2c1ccc1c(F)cc(-c3nnc(-c4cccc(-c5nnc(-c6cc(F)c7ccc8c(F)ccnc8c7n6)o5)c4)o3)nc12. The minimum atomic E-state index is -0.616. The Balaban J connectivity index is 1.06. The number of halogens is 4. The Hall–Kier alpha value is -6.70. The summed E-state index contributed by atoms with van der Waals surface area (Å²) in [7, 11) is 0. The van der Waals surface area contributed by atoms with Crippen molar-refractivity contribution in [2.75, 3.05) is 0 Å². The predicted molar refractivity (Wildman–Crippen MR) is 165 cm³/mol. The molecule has 0 amide bonds. The lowest BCUT2D eigenvalue weighted by atomic mass is 10.1. The summed E-state index contributed by atoms with van der Waals surface area (Å²) in [5.74, 6) is -2.23. The first-order chi connectivity index (χ1) is 23.4. The molecular formula is C34H14F4N8O2. The molecule has 10 nitrogen and oxygen atoms in total. The molecule has 3 aromatic carbocycles. The molecule has 9 aromatic rings. The summed E-state index contributed by atoms with van der Waals surface area (Å²) in [5.41, 5.74) is 1.69. The van der Waals surface area contributed by atoms with Crippen LogP contribution in [0.2, 0.25) is 0 Å². The monoisotopic (exact) mass is 642 g/mol. The number of nitrogens with zero attached hydrogens (tertiary/aromatic N) is 8. The predicted octanol–water partition coefficient (Wildman–Crippen LogP) is 7.87. The maximum Gasteiger partial charge on any atom is 0.266 e. The lowest BCUT2D eigenvalue weighted by Crippen LogP contribution is -1.93. The van der Waals surface area contributed by atoms with Crippen LogP contribution in [0, 0.1) is 23.3 Å². The molecule has 48 heavy (non-hydrogen) atoms. The molecule has 6 heterocycles. The van der Waals surface area contributed by atoms with Gasteiger partial charge >= 0.3 is 0 Å². The molecule has 14 heteroatoms. The van der Waals surface area contributed by atoms with Crippen molar-refractivity contribution in [3.63, 3.8) is 0 Å². The first-order valence-corrected chi connectivity index (χ1v) is 14.3. The Morgan fingerprint density at radius 1 is 0.417 bits per heavy atom. The molecule has 9 rings (SSSR count). The van der Waals surface area contributed by atoms with E-state index < -0.39 is 23.3 Å². The summed E-state index contributed by atoms with van der Waals surface area (Å²) in [4.78, 5) is 17.3. The van der Waals surface area contributed by atoms with Crippen LogP contribution in [-0.2, 0) is 0 Å². The van der Waals surface area contributed by atoms with E-state index in [1.54, 1.807) is 24.3 Å². The molecule has 0 saturated carbocycles. The van der Waals surface area contributed by atoms with Gasteiger partial charge in [-0.3, -0.25) is 9.97 Å². The third-order valence-corrected chi connectivity index (χ3v) is 7.82. The van der Waals surface area contributed by atoms with E-state index in [1.807, 2.05) is 0 Å². The van der Waals surface area contributed by atoms with Crippen molar-refractivity contribution in [3.05, 3.63) is 108 Å². The average Bonchev–Trinajstić information content (AvgIpc) is 3.80. The van der Waals surface area contributed by atoms with Crippen molar-refractivity contribution in [2.45, 2.75) is 0 Å². The molecule has 0 N–H and O–H groups in total. The van der Waals surface area contributed by atoms with Crippen molar-refractivity contribution in [3.8, 4) is 46.1 Å². The molecule has 0 aliphatic rings. The number of hydrogen-bond acceptors (Lipinski definition) is 10. The fourth-order valence-corrected chi connectivity index (χ4v) is 5.54. The van der Waals surface area contributed by atoms with Crippen LogP contribution in [0.3, 0.4) is 0 Å². The van der Waals surface area contributed by atoms with Gasteiger partial charge in [0.15, 0.2) is 0 Å². The van der Waals surface area contributed by atoms with Gasteiger partial charge in [-0.15, -0.1) is 20.4 Å². The van der Waals surface area contributed by atoms with Gasteiger partial charge in [0, 0.05) is 57.2 Å². The standard InChI is InChI=1S/C34H14F4N8O2/c35-21-8-10-39-27-17(21)4-6-19-23(37)13-25(41-29(19)27)33-45-43-31(47-33)15-2-1-3-16(12-15)32-44-46-34(48-32)26-14-24(38)20-7-5-18-22(36)9-11-40-28(18)30(20)42-26/h1-14H. The molecule has 0 atom stereocenters. The van der Waals surface area contributed by atoms with E-state index in [0.29, 0.717) is 11.1 Å². The summed E-state index contributed by atoms with van der Waals surface area (Å²) >= 11 is 0. The van der Waals surface area contributed by atoms with Gasteiger partial charge in [0.1, 0.15) is 45.7 Å². The quantitative estimate of drug-likeness (QED) is 0.138. The zero-order valence-electron chi connectivity index (χ0n) is 24.0. The highest BCUT2D eigenvalue weighted by Crippen LogP contribution is 2.33. The number of aromatic nitrogens is 8. The number of benzene rings is 3. The van der Waals surface area contributed by atoms with Crippen LogP contribution >= 0.6 is 0 Å². The minimum absolute atomic E-state index is 0.0378. The number of fused-ring (bicyclic) bond motifs is 6. The number of rotatable bonds is 4. The van der Waals surface area contributed by atoms with E-state index in [4.69, 9.17) is 8.83 Å². The fourth-order valence-electron chi connectivity index (χ4n) is 5.54. The van der Waals surface area contributed by atoms with Gasteiger partial charge in [0.25, 0.3) is 11.8 Å². The highest BCUT2D eigenvalue weighted by molar-refractivity contribution is 6.04. The molecular weight excluding hydrogens is 628 g/mol. The summed E-state index contributed by atoms with van der Waals surface area (Å²) in [6.45, 7) is 0. The highest BCUT2D eigenvalue weighted by atomic mass is 19.1. The fraction of sp³-hybridized carbons (Fsp3) is 0. The minimum Gasteiger partial charge on any atom is -0.415 e. The van der Waals surface area contributed by atoms with Gasteiger partial charge in [-0.05, 0) is 54.6 Å². The van der Waals surface area contributed by atoms with Crippen LogP contribution in [0.5, 0.6) is 0 Å². The Kier molecular flexibility index (Phi) is 5.99. The molecule has 0 aliphatic heterocycles. The number of pyridine rings is 4. The smallest absolute Gasteiger partial charge is 0.266 e. The second kappa shape index (κ2) is 10.4. The van der Waals surface area contributed by atoms with E-state index >= 15 is 8.78 Å². The first kappa shape index (κ1) is 27.6. The van der Waals surface area contributed by atoms with Crippen LogP contribution in [0.25, 0.3) is 89.7 Å². The maximum absolute atomic E-state index is 15.1. The second-order valence-electron chi connectivity index (χ2n) is 10.7. The molecule has 0 saturated heterocycles. The molecule has 0 aliphatic carbocycles. The normalized spacial score (nSPS) is 11.8. The van der Waals surface area contributed by atoms with E-state index in [1.165, 1.54) is 48.8 Å². The van der Waals surface area contributed by atoms with E-state index in [-0.39, 0.29) is 78.6 Å². The van der Waals surface area contributed by atoms with Gasteiger partial charge in [0.05, 0.1) is 11.0 Å². The largest absolute Gasteiger partial charge is 0.415 e. The Morgan fingerprint density at radius 3 is 1.29 bits per heavy atom. The van der Waals surface area contributed by atoms with Crippen molar-refractivity contribution in [1.29, 1.82) is 0 Å². The van der Waals surface area contributed by atoms with Crippen molar-refractivity contribution < 1.29 is 26.4 Å². The lowest BCUT2D eigenvalue weighted by molar-refractivity contribution is 0.578. The van der Waals surface area contributed by atoms with Crippen LogP contribution in [0.4, 0.5) is 17.6 Å². The summed E-state index contributed by atoms with van der Waals surface area (Å²) in [6.07, 6.45) is 2.57. The molecule has 230 valence electrons. The summed E-state index contributed by atoms with van der Waals surface area (Å²) in [6, 6.07) is 17.3. The Morgan fingerprint density at radius 2 is 0.833 bits per heavy atom. The molecule has 6 aromatic heterocycles. The van der Waals surface area contributed by atoms with Crippen molar-refractivity contribution in [1.82, 2.24) is 40.3 Å². The van der Waals surface area contributed by atoms with E-state index in [9.17, 15) is 8.78 Å². The summed E-state index contributed by atoms with van der Waals surface area (Å²) in [5, 5.41) is 17.0. The molecule has 0 radical (unpaired) electrons. The van der Waals surface area contributed by atoms with E-state index in [2.05, 4.69) is 40.3 Å². The van der Waals surface area contributed by atoms with Crippen molar-refractivity contribution in [2.24, 2.45) is 0 Å². The summed E-state index contributed by atoms with van der Waals surface area (Å²) < 4.78 is 70.7. The van der Waals surface area contributed by atoms with Gasteiger partial charge in [-0.1, -0.05) is 6.07 Å². The van der Waals surface area contributed by atoms with Gasteiger partial charge < -0.3 is 8.83 Å². The average molecular weight is 643 g/mol. The first-order valence-electron chi connectivity index (χ1n) is 14.3. The van der Waals surface area contributed by atoms with Crippen molar-refractivity contribution >= 4 is 43.6 Å². The third-order valence-electron chi connectivity index (χ3n) is 7.82. The Bertz CT molecular complexity index is 2580. The highest BCUT2D eigenvalue weighted by Gasteiger charge is 2.20. The van der Waals surface area contributed by atoms with Gasteiger partial charge in [-0.25, -0.2) is 27.5 Å². The second-order valence-corrected chi connectivity index (χ2v) is 10.7. The van der Waals surface area contributed by atoms with Crippen LogP contribution in [-0.4, -0.2) is 40.3 Å². The van der Waals surface area contributed by atoms with Crippen LogP contribution in [0.15, 0.2) is 94.0 Å². The zero-order valence-corrected chi connectivity index (χ0v) is 24.0. The van der Waals surface area contributed by atoms with Gasteiger partial charge in [0.2, 0.25) is 11.8 Å². The maximum atomic E-state index is 15.1. The van der Waals surface area contributed by atoms with Gasteiger partial charge in [-0.2, -0.15) is 0 Å². The van der Waals surface area contributed by atoms with Crippen LogP contribution < -0.4 is 0 Å². The Labute approximate surface area is 264 Å². The topological polar surface area (TPSA) is 129 Å². The molecule has 0 fully saturated rings. The lowest BCUT2D eigenvalue weighted by Gasteiger charge is -2.05. The van der Waals surface area contributed by atoms with E-state index in [0.717, 1.165) is 12.1 Å². The molecule has 0 unspecified atom stereocenters. The molecule has 0 bridgehead atoms.